The van der Waals surface area contributed by atoms with Gasteiger partial charge in [-0.2, -0.15) is 14.7 Å². The van der Waals surface area contributed by atoms with Crippen LogP contribution in [0.3, 0.4) is 0 Å². The van der Waals surface area contributed by atoms with Gasteiger partial charge in [-0.25, -0.2) is 0 Å². The summed E-state index contributed by atoms with van der Waals surface area (Å²) in [6.07, 6.45) is 0. The number of benzene rings is 1. The van der Waals surface area contributed by atoms with Gasteiger partial charge in [-0.15, -0.1) is 21.5 Å². The van der Waals surface area contributed by atoms with Gasteiger partial charge in [-0.3, -0.25) is 5.10 Å². The normalized spacial score (nSPS) is 11.4. The first kappa shape index (κ1) is 14.8. The highest BCUT2D eigenvalue weighted by Crippen LogP contribution is 2.31. The first-order chi connectivity index (χ1) is 12.3. The van der Waals surface area contributed by atoms with Crippen molar-refractivity contribution >= 4 is 39.2 Å². The van der Waals surface area contributed by atoms with Crippen LogP contribution in [0.1, 0.15) is 0 Å². The van der Waals surface area contributed by atoms with E-state index in [0.29, 0.717) is 10.8 Å². The molecule has 0 aliphatic carbocycles. The maximum absolute atomic E-state index is 5.94. The maximum atomic E-state index is 5.94. The number of aromatic nitrogens is 6. The van der Waals surface area contributed by atoms with E-state index in [-0.39, 0.29) is 0 Å². The molecule has 4 aromatic heterocycles. The first-order valence-electron chi connectivity index (χ1n) is 7.36. The van der Waals surface area contributed by atoms with Gasteiger partial charge in [0.15, 0.2) is 5.01 Å². The van der Waals surface area contributed by atoms with Crippen molar-refractivity contribution in [3.8, 4) is 32.7 Å². The van der Waals surface area contributed by atoms with Gasteiger partial charge in [0.2, 0.25) is 10.8 Å². The zero-order valence-electron chi connectivity index (χ0n) is 12.5. The van der Waals surface area contributed by atoms with Crippen molar-refractivity contribution in [2.45, 2.75) is 0 Å². The monoisotopic (exact) mass is 384 g/mol. The highest BCUT2D eigenvalue weighted by molar-refractivity contribution is 7.23. The Morgan fingerprint density at radius 3 is 2.76 bits per heavy atom. The van der Waals surface area contributed by atoms with E-state index < -0.39 is 0 Å². The van der Waals surface area contributed by atoms with Crippen molar-refractivity contribution < 1.29 is 0 Å². The third kappa shape index (κ3) is 2.55. The minimum Gasteiger partial charge on any atom is -0.274 e. The Balaban J connectivity index is 1.56. The van der Waals surface area contributed by atoms with Gasteiger partial charge in [-0.05, 0) is 29.6 Å². The summed E-state index contributed by atoms with van der Waals surface area (Å²) in [5.41, 5.74) is 2.56. The molecule has 0 unspecified atom stereocenters. The Morgan fingerprint density at radius 1 is 1.08 bits per heavy atom. The van der Waals surface area contributed by atoms with E-state index in [9.17, 15) is 0 Å². The Kier molecular flexibility index (Phi) is 3.40. The minimum absolute atomic E-state index is 0.641. The quantitative estimate of drug-likeness (QED) is 0.492. The van der Waals surface area contributed by atoms with E-state index in [2.05, 4.69) is 25.5 Å². The van der Waals surface area contributed by atoms with Crippen LogP contribution in [0.2, 0.25) is 5.02 Å². The SMILES string of the molecule is Clc1ccc(-c2cc(-c3nnc4sc(-c5cccs5)nn34)[nH]n2)cc1. The molecule has 1 aromatic carbocycles. The molecule has 5 rings (SSSR count). The molecule has 0 radical (unpaired) electrons. The lowest BCUT2D eigenvalue weighted by Crippen LogP contribution is -1.90. The van der Waals surface area contributed by atoms with Gasteiger partial charge >= 0.3 is 0 Å². The fraction of sp³-hybridized carbons (Fsp3) is 0. The molecular formula is C16H9ClN6S2. The summed E-state index contributed by atoms with van der Waals surface area (Å²) in [6.45, 7) is 0. The lowest BCUT2D eigenvalue weighted by atomic mass is 10.1. The fourth-order valence-corrected chi connectivity index (χ4v) is 4.25. The van der Waals surface area contributed by atoms with Crippen molar-refractivity contribution in [2.24, 2.45) is 0 Å². The topological polar surface area (TPSA) is 71.8 Å². The molecule has 0 spiro atoms. The van der Waals surface area contributed by atoms with Gasteiger partial charge in [-0.1, -0.05) is 41.1 Å². The standard InChI is InChI=1S/C16H9ClN6S2/c17-10-5-3-9(4-6-10)11-8-12(19-18-11)14-20-21-16-23(14)22-15(25-16)13-2-1-7-24-13/h1-8H,(H,18,19). The van der Waals surface area contributed by atoms with Crippen LogP contribution < -0.4 is 0 Å². The summed E-state index contributed by atoms with van der Waals surface area (Å²) in [5.74, 6) is 0.641. The highest BCUT2D eigenvalue weighted by atomic mass is 35.5. The number of halogens is 1. The number of thiophene rings is 1. The molecule has 5 aromatic rings. The second-order valence-corrected chi connectivity index (χ2v) is 7.62. The zero-order valence-corrected chi connectivity index (χ0v) is 14.9. The predicted molar refractivity (Wildman–Crippen MR) is 100.0 cm³/mol. The van der Waals surface area contributed by atoms with Crippen LogP contribution in [0.25, 0.3) is 37.6 Å². The van der Waals surface area contributed by atoms with E-state index in [1.807, 2.05) is 47.8 Å². The lowest BCUT2D eigenvalue weighted by molar-refractivity contribution is 0.956. The smallest absolute Gasteiger partial charge is 0.235 e. The van der Waals surface area contributed by atoms with Gasteiger partial charge in [0.25, 0.3) is 0 Å². The van der Waals surface area contributed by atoms with Gasteiger partial charge in [0.1, 0.15) is 5.69 Å². The molecule has 0 fully saturated rings. The van der Waals surface area contributed by atoms with E-state index in [4.69, 9.17) is 11.6 Å². The van der Waals surface area contributed by atoms with E-state index >= 15 is 0 Å². The summed E-state index contributed by atoms with van der Waals surface area (Å²) in [7, 11) is 0. The molecule has 0 aliphatic rings. The molecule has 0 atom stereocenters. The number of aromatic amines is 1. The molecule has 0 saturated carbocycles. The molecule has 0 aliphatic heterocycles. The van der Waals surface area contributed by atoms with Crippen LogP contribution >= 0.6 is 34.3 Å². The molecular weight excluding hydrogens is 376 g/mol. The average Bonchev–Trinajstić information content (AvgIpc) is 3.38. The summed E-state index contributed by atoms with van der Waals surface area (Å²) >= 11 is 9.11. The van der Waals surface area contributed by atoms with Crippen molar-refractivity contribution in [1.82, 2.24) is 30.0 Å². The van der Waals surface area contributed by atoms with Crippen LogP contribution in [0, 0.1) is 0 Å². The fourth-order valence-electron chi connectivity index (χ4n) is 2.49. The Labute approximate surface area is 154 Å². The largest absolute Gasteiger partial charge is 0.274 e. The number of rotatable bonds is 3. The van der Waals surface area contributed by atoms with Crippen molar-refractivity contribution in [1.29, 1.82) is 0 Å². The summed E-state index contributed by atoms with van der Waals surface area (Å²) in [5, 5.41) is 24.2. The van der Waals surface area contributed by atoms with E-state index in [0.717, 1.165) is 31.8 Å². The van der Waals surface area contributed by atoms with Gasteiger partial charge in [0, 0.05) is 10.6 Å². The molecule has 9 heteroatoms. The molecule has 122 valence electrons. The third-order valence-electron chi connectivity index (χ3n) is 3.68. The predicted octanol–water partition coefficient (Wildman–Crippen LogP) is 4.62. The zero-order chi connectivity index (χ0) is 16.8. The molecule has 0 amide bonds. The number of hydrogen-bond acceptors (Lipinski definition) is 6. The van der Waals surface area contributed by atoms with Crippen molar-refractivity contribution in [2.75, 3.05) is 0 Å². The first-order valence-corrected chi connectivity index (χ1v) is 9.43. The Morgan fingerprint density at radius 2 is 1.96 bits per heavy atom. The van der Waals surface area contributed by atoms with E-state index in [1.165, 1.54) is 11.3 Å². The van der Waals surface area contributed by atoms with Crippen LogP contribution in [-0.2, 0) is 0 Å². The summed E-state index contributed by atoms with van der Waals surface area (Å²) in [6, 6.07) is 13.5. The second-order valence-electron chi connectivity index (χ2n) is 5.28. The molecule has 4 heterocycles. The van der Waals surface area contributed by atoms with Crippen LogP contribution in [0.4, 0.5) is 0 Å². The number of hydrogen-bond donors (Lipinski definition) is 1. The maximum Gasteiger partial charge on any atom is 0.235 e. The lowest BCUT2D eigenvalue weighted by Gasteiger charge is -1.95. The number of nitrogens with zero attached hydrogens (tertiary/aromatic N) is 5. The van der Waals surface area contributed by atoms with Crippen molar-refractivity contribution in [3.05, 3.63) is 52.9 Å². The highest BCUT2D eigenvalue weighted by Gasteiger charge is 2.17. The molecule has 6 nitrogen and oxygen atoms in total. The van der Waals surface area contributed by atoms with Crippen molar-refractivity contribution in [3.63, 3.8) is 0 Å². The van der Waals surface area contributed by atoms with Gasteiger partial charge in [0.05, 0.1) is 10.6 Å². The average molecular weight is 385 g/mol. The number of H-pyrrole nitrogens is 1. The number of fused-ring (bicyclic) bond motifs is 1. The Bertz CT molecular complexity index is 1150. The minimum atomic E-state index is 0.641. The molecule has 25 heavy (non-hydrogen) atoms. The second kappa shape index (κ2) is 5.76. The molecule has 0 saturated heterocycles. The van der Waals surface area contributed by atoms with Gasteiger partial charge < -0.3 is 0 Å². The molecule has 1 N–H and O–H groups in total. The van der Waals surface area contributed by atoms with E-state index in [1.54, 1.807) is 15.9 Å². The molecule has 0 bridgehead atoms. The van der Waals surface area contributed by atoms with Crippen LogP contribution in [-0.4, -0.2) is 30.0 Å². The third-order valence-corrected chi connectivity index (χ3v) is 5.87. The summed E-state index contributed by atoms with van der Waals surface area (Å²) < 4.78 is 1.75. The van der Waals surface area contributed by atoms with Crippen LogP contribution in [0.15, 0.2) is 47.8 Å². The number of nitrogens with one attached hydrogen (secondary N) is 1. The Hall–Kier alpha value is -2.55. The van der Waals surface area contributed by atoms with Crippen LogP contribution in [0.5, 0.6) is 0 Å². The summed E-state index contributed by atoms with van der Waals surface area (Å²) in [4.78, 5) is 1.87.